The molecule has 0 fully saturated rings. The van der Waals surface area contributed by atoms with Crippen molar-refractivity contribution in [1.29, 1.82) is 0 Å². The molecule has 4 unspecified atom stereocenters. The molecule has 0 bridgehead atoms. The maximum atomic E-state index is 12.5. The lowest BCUT2D eigenvalue weighted by atomic mass is 10.1. The van der Waals surface area contributed by atoms with E-state index in [1.807, 2.05) is 0 Å². The van der Waals surface area contributed by atoms with Crippen LogP contribution in [-0.4, -0.2) is 113 Å². The van der Waals surface area contributed by atoms with Crippen LogP contribution in [-0.2, 0) is 65.4 Å². The molecule has 0 heterocycles. The summed E-state index contributed by atoms with van der Waals surface area (Å²) >= 11 is 3.08. The molecule has 0 aliphatic heterocycles. The smallest absolute Gasteiger partial charge is 0.363 e. The zero-order chi connectivity index (χ0) is 50.3. The van der Waals surface area contributed by atoms with Gasteiger partial charge in [0.05, 0.1) is 57.4 Å². The molecule has 0 radical (unpaired) electrons. The van der Waals surface area contributed by atoms with E-state index in [2.05, 4.69) is 40.4 Å². The molecule has 6 N–H and O–H groups in total. The maximum Gasteiger partial charge on any atom is 0.363 e. The molecular formula is C40H61BrO20P4. The predicted octanol–water partition coefficient (Wildman–Crippen LogP) is 7.37. The zero-order valence-electron chi connectivity index (χ0n) is 37.3. The van der Waals surface area contributed by atoms with Crippen LogP contribution >= 0.6 is 45.9 Å². The molecule has 0 aliphatic rings. The number of hydrogen-bond acceptors (Lipinski definition) is 16. The molecule has 0 spiro atoms. The van der Waals surface area contributed by atoms with Crippen LogP contribution in [0.4, 0.5) is 0 Å². The Labute approximate surface area is 387 Å². The van der Waals surface area contributed by atoms with E-state index in [1.54, 1.807) is 46.8 Å². The molecular weight excluding hydrogens is 1000 g/mol. The minimum Gasteiger partial charge on any atom is -0.463 e. The van der Waals surface area contributed by atoms with Gasteiger partial charge in [0.2, 0.25) is 0 Å². The fourth-order valence-corrected chi connectivity index (χ4v) is 9.14. The lowest BCUT2D eigenvalue weighted by molar-refractivity contribution is -0.140. The van der Waals surface area contributed by atoms with E-state index < -0.39 is 78.5 Å². The number of rotatable bonds is 25. The van der Waals surface area contributed by atoms with E-state index in [9.17, 15) is 62.4 Å². The van der Waals surface area contributed by atoms with Crippen molar-refractivity contribution in [2.45, 2.75) is 58.0 Å². The summed E-state index contributed by atoms with van der Waals surface area (Å²) in [6, 6.07) is 10.8. The van der Waals surface area contributed by atoms with Gasteiger partial charge in [-0.3, -0.25) is 13.7 Å². The Morgan fingerprint density at radius 3 is 1.09 bits per heavy atom. The Morgan fingerprint density at radius 2 is 0.831 bits per heavy atom. The molecule has 4 atom stereocenters. The van der Waals surface area contributed by atoms with Crippen LogP contribution in [0.1, 0.15) is 80.3 Å². The van der Waals surface area contributed by atoms with Crippen LogP contribution in [0.15, 0.2) is 85.0 Å². The van der Waals surface area contributed by atoms with Crippen molar-refractivity contribution in [2.75, 3.05) is 64.9 Å². The second-order valence-electron chi connectivity index (χ2n) is 13.5. The highest BCUT2D eigenvalue weighted by atomic mass is 79.9. The molecule has 65 heavy (non-hydrogen) atoms. The average Bonchev–Trinajstić information content (AvgIpc) is 3.23. The lowest BCUT2D eigenvalue weighted by Gasteiger charge is -2.23. The molecule has 0 saturated carbocycles. The van der Waals surface area contributed by atoms with Crippen molar-refractivity contribution in [2.24, 2.45) is 0 Å². The Morgan fingerprint density at radius 1 is 0.538 bits per heavy atom. The number of aliphatic hydroxyl groups excluding tert-OH is 2. The number of ether oxygens (including phenoxy) is 5. The molecule has 2 aromatic rings. The molecule has 2 rings (SSSR count). The first-order valence-corrected chi connectivity index (χ1v) is 28.3. The Hall–Kier alpha value is -2.93. The standard InChI is InChI=1S/C20H28O12P2.C14H24O6P2.C6H9BrO2/c1-5-29-17(21)13(3)11-31-19(33(23,24)25)15-7-9-16(10-8-15)20(34(26,27)28)32-12-14(4)18(22)30-6-2;1-5-19-22(18,20-6-2)14(16)12-9-7-11(8-10-12)13(15)21(3,4)17;1-3-9-6(8)5(2)4-7/h7-10,19-20H,3-6,11-12H2,1-2H3,(H2,23,24,25)(H2,26,27,28);7-10,13-16H,5-6H2,1-4H3;2-4H2,1H3. The quantitative estimate of drug-likeness (QED) is 0.0186. The summed E-state index contributed by atoms with van der Waals surface area (Å²) in [5.41, 5.74) is 0.901. The highest BCUT2D eigenvalue weighted by Crippen LogP contribution is 2.60. The van der Waals surface area contributed by atoms with Crippen LogP contribution < -0.4 is 0 Å². The van der Waals surface area contributed by atoms with Crippen molar-refractivity contribution in [3.8, 4) is 0 Å². The number of carbonyl (C=O) groups is 3. The van der Waals surface area contributed by atoms with Crippen molar-refractivity contribution < 1.29 is 95.2 Å². The monoisotopic (exact) mass is 1060 g/mol. The van der Waals surface area contributed by atoms with E-state index in [0.29, 0.717) is 28.6 Å². The number of aliphatic hydroxyl groups is 2. The molecule has 0 amide bonds. The molecule has 20 nitrogen and oxygen atoms in total. The van der Waals surface area contributed by atoms with E-state index in [0.717, 1.165) is 0 Å². The van der Waals surface area contributed by atoms with Crippen molar-refractivity contribution in [1.82, 2.24) is 0 Å². The lowest BCUT2D eigenvalue weighted by Crippen LogP contribution is -2.15. The van der Waals surface area contributed by atoms with Crippen molar-refractivity contribution in [3.05, 3.63) is 107 Å². The topological polar surface area (TPSA) is 305 Å². The highest BCUT2D eigenvalue weighted by Gasteiger charge is 2.37. The summed E-state index contributed by atoms with van der Waals surface area (Å²) in [5.74, 6) is -7.94. The van der Waals surface area contributed by atoms with Gasteiger partial charge >= 0.3 is 40.7 Å². The fourth-order valence-electron chi connectivity index (χ4n) is 4.75. The van der Waals surface area contributed by atoms with Gasteiger partial charge in [-0.05, 0) is 70.2 Å². The van der Waals surface area contributed by atoms with E-state index in [4.69, 9.17) is 28.0 Å². The summed E-state index contributed by atoms with van der Waals surface area (Å²) in [7, 11) is -16.1. The van der Waals surface area contributed by atoms with Crippen LogP contribution in [0.25, 0.3) is 0 Å². The Balaban J connectivity index is 0.00000112. The van der Waals surface area contributed by atoms with Crippen LogP contribution in [0.3, 0.4) is 0 Å². The summed E-state index contributed by atoms with van der Waals surface area (Å²) in [6.07, 6.45) is 0. The minimum absolute atomic E-state index is 0.0332. The SMILES string of the molecule is C=C(CBr)C(=O)OCC.C=C(COC(c1ccc(C(OCC(=C)C(=O)OCC)P(=O)(O)O)cc1)P(=O)(O)O)C(=O)OCC.CCOP(=O)(OCC)C(O)c1ccc(C(O)P(C)(C)=O)cc1. The number of alkyl halides is 1. The fraction of sp³-hybridized carbons (Fsp3) is 0.475. The molecule has 25 heteroatoms. The van der Waals surface area contributed by atoms with E-state index in [-0.39, 0.29) is 54.7 Å². The largest absolute Gasteiger partial charge is 0.463 e. The van der Waals surface area contributed by atoms with Gasteiger partial charge in [-0.2, -0.15) is 0 Å². The van der Waals surface area contributed by atoms with Crippen molar-refractivity contribution >= 4 is 63.8 Å². The van der Waals surface area contributed by atoms with Gasteiger partial charge in [-0.15, -0.1) is 0 Å². The third-order valence-corrected chi connectivity index (χ3v) is 14.2. The van der Waals surface area contributed by atoms with Gasteiger partial charge in [-0.25, -0.2) is 14.4 Å². The van der Waals surface area contributed by atoms with Crippen LogP contribution in [0, 0.1) is 0 Å². The van der Waals surface area contributed by atoms with E-state index in [1.165, 1.54) is 49.7 Å². The van der Waals surface area contributed by atoms with Gasteiger partial charge in [-0.1, -0.05) is 84.2 Å². The first-order valence-electron chi connectivity index (χ1n) is 19.5. The third-order valence-electron chi connectivity index (χ3n) is 7.84. The zero-order valence-corrected chi connectivity index (χ0v) is 42.4. The Kier molecular flexibility index (Phi) is 28.4. The summed E-state index contributed by atoms with van der Waals surface area (Å²) in [6.45, 7) is 21.4. The number of carbonyl (C=O) groups excluding carboxylic acids is 3. The third kappa shape index (κ3) is 22.2. The number of esters is 3. The maximum absolute atomic E-state index is 12.5. The number of halogens is 1. The minimum atomic E-state index is -4.88. The van der Waals surface area contributed by atoms with E-state index >= 15 is 0 Å². The predicted molar refractivity (Wildman–Crippen MR) is 246 cm³/mol. The molecule has 2 aromatic carbocycles. The van der Waals surface area contributed by atoms with Gasteiger partial charge < -0.3 is 67.1 Å². The summed E-state index contributed by atoms with van der Waals surface area (Å²) < 4.78 is 83.0. The number of hydrogen-bond donors (Lipinski definition) is 6. The summed E-state index contributed by atoms with van der Waals surface area (Å²) in [5, 5.41) is 20.7. The molecule has 0 saturated heterocycles. The Bertz CT molecular complexity index is 1970. The van der Waals surface area contributed by atoms with Gasteiger partial charge in [0.1, 0.15) is 13.0 Å². The highest BCUT2D eigenvalue weighted by molar-refractivity contribution is 9.09. The normalized spacial score (nSPS) is 13.6. The molecule has 0 aromatic heterocycles. The van der Waals surface area contributed by atoms with Crippen LogP contribution in [0.5, 0.6) is 0 Å². The second-order valence-corrected chi connectivity index (χ2v) is 22.8. The number of benzene rings is 2. The first-order chi connectivity index (χ1) is 30.1. The average molecular weight is 1070 g/mol. The van der Waals surface area contributed by atoms with Crippen LogP contribution in [0.2, 0.25) is 0 Å². The van der Waals surface area contributed by atoms with Gasteiger partial charge in [0.15, 0.2) is 17.5 Å². The van der Waals surface area contributed by atoms with Gasteiger partial charge in [0, 0.05) is 10.9 Å². The second kappa shape index (κ2) is 29.7. The summed E-state index contributed by atoms with van der Waals surface area (Å²) in [4.78, 5) is 72.6. The molecule has 0 aliphatic carbocycles. The molecule has 368 valence electrons. The van der Waals surface area contributed by atoms with Gasteiger partial charge in [0.25, 0.3) is 0 Å². The van der Waals surface area contributed by atoms with Crippen molar-refractivity contribution in [3.63, 3.8) is 0 Å². The first kappa shape index (κ1) is 62.1.